The highest BCUT2D eigenvalue weighted by Crippen LogP contribution is 2.39. The van der Waals surface area contributed by atoms with Crippen molar-refractivity contribution in [2.45, 2.75) is 13.0 Å². The summed E-state index contributed by atoms with van der Waals surface area (Å²) in [5.74, 6) is 0.631. The third-order valence-electron chi connectivity index (χ3n) is 4.32. The molecule has 1 aromatic heterocycles. The van der Waals surface area contributed by atoms with Gasteiger partial charge in [0, 0.05) is 34.5 Å². The third kappa shape index (κ3) is 3.74. The van der Waals surface area contributed by atoms with E-state index in [4.69, 9.17) is 17.0 Å². The Morgan fingerprint density at radius 2 is 2.07 bits per heavy atom. The minimum absolute atomic E-state index is 0.0584. The number of likely N-dealkylation sites (N-methyl/N-ethyl adjacent to an activating group) is 1. The summed E-state index contributed by atoms with van der Waals surface area (Å²) in [6.45, 7) is 1.92. The van der Waals surface area contributed by atoms with Crippen LogP contribution in [0.25, 0.3) is 0 Å². The number of methoxy groups -OCH3 is 1. The lowest BCUT2D eigenvalue weighted by molar-refractivity contribution is -0.125. The van der Waals surface area contributed by atoms with Gasteiger partial charge in [0.05, 0.1) is 24.4 Å². The molecular formula is C19H20BrN3O2S2. The number of hydrogen-bond acceptors (Lipinski definition) is 4. The van der Waals surface area contributed by atoms with Gasteiger partial charge in [0.15, 0.2) is 5.11 Å². The fourth-order valence-corrected chi connectivity index (χ4v) is 4.91. The molecule has 1 N–H and O–H groups in total. The quantitative estimate of drug-likeness (QED) is 0.681. The standard InChI is InChI=1S/C19H20BrN3O2S2/c1-11-16(18(24)22(2)3)17(15-9-12(20)10-27-15)21-19(26)23(11)13-7-5-6-8-14(13)25-4/h5-10,17H,1-4H3,(H,21,26). The van der Waals surface area contributed by atoms with Crippen molar-refractivity contribution in [2.24, 2.45) is 0 Å². The lowest BCUT2D eigenvalue weighted by Crippen LogP contribution is -2.49. The van der Waals surface area contributed by atoms with E-state index in [2.05, 4.69) is 21.2 Å². The van der Waals surface area contributed by atoms with Gasteiger partial charge in [-0.2, -0.15) is 0 Å². The van der Waals surface area contributed by atoms with Gasteiger partial charge in [-0.25, -0.2) is 0 Å². The number of amides is 1. The zero-order valence-corrected chi connectivity index (χ0v) is 18.7. The van der Waals surface area contributed by atoms with Crippen molar-refractivity contribution >= 4 is 56.2 Å². The van der Waals surface area contributed by atoms with Crippen molar-refractivity contribution < 1.29 is 9.53 Å². The molecule has 8 heteroatoms. The molecule has 0 radical (unpaired) electrons. The van der Waals surface area contributed by atoms with Crippen molar-refractivity contribution in [3.05, 3.63) is 56.3 Å². The largest absolute Gasteiger partial charge is 0.495 e. The van der Waals surface area contributed by atoms with E-state index >= 15 is 0 Å². The normalized spacial score (nSPS) is 17.0. The average molecular weight is 466 g/mol. The Balaban J connectivity index is 2.18. The van der Waals surface area contributed by atoms with E-state index in [1.807, 2.05) is 47.5 Å². The summed E-state index contributed by atoms with van der Waals surface area (Å²) in [5.41, 5.74) is 2.25. The highest BCUT2D eigenvalue weighted by molar-refractivity contribution is 9.10. The molecule has 0 saturated carbocycles. The molecule has 0 saturated heterocycles. The minimum atomic E-state index is -0.297. The molecular weight excluding hydrogens is 446 g/mol. The van der Waals surface area contributed by atoms with Gasteiger partial charge in [-0.05, 0) is 53.3 Å². The maximum atomic E-state index is 13.1. The Labute approximate surface area is 176 Å². The van der Waals surface area contributed by atoms with Crippen molar-refractivity contribution in [1.82, 2.24) is 10.2 Å². The third-order valence-corrected chi connectivity index (χ3v) is 6.38. The molecule has 1 unspecified atom stereocenters. The van der Waals surface area contributed by atoms with Crippen LogP contribution in [0, 0.1) is 0 Å². The van der Waals surface area contributed by atoms with Crippen LogP contribution in [-0.2, 0) is 4.79 Å². The van der Waals surface area contributed by atoms with Crippen molar-refractivity contribution in [3.63, 3.8) is 0 Å². The SMILES string of the molecule is COc1ccccc1N1C(=S)NC(c2cc(Br)cs2)C(C(=O)N(C)C)=C1C. The zero-order valence-electron chi connectivity index (χ0n) is 15.4. The second kappa shape index (κ2) is 8.00. The predicted molar refractivity (Wildman–Crippen MR) is 117 cm³/mol. The van der Waals surface area contributed by atoms with Crippen LogP contribution in [0.5, 0.6) is 5.75 Å². The fraction of sp³-hybridized carbons (Fsp3) is 0.263. The van der Waals surface area contributed by atoms with E-state index in [1.165, 1.54) is 0 Å². The van der Waals surface area contributed by atoms with Gasteiger partial charge < -0.3 is 15.0 Å². The minimum Gasteiger partial charge on any atom is -0.495 e. The number of hydrogen-bond donors (Lipinski definition) is 1. The first-order valence-corrected chi connectivity index (χ1v) is 10.3. The van der Waals surface area contributed by atoms with Gasteiger partial charge in [-0.3, -0.25) is 9.69 Å². The number of ether oxygens (including phenoxy) is 1. The number of nitrogens with one attached hydrogen (secondary N) is 1. The average Bonchev–Trinajstić information content (AvgIpc) is 3.07. The summed E-state index contributed by atoms with van der Waals surface area (Å²) >= 11 is 10.8. The second-order valence-corrected chi connectivity index (χ2v) is 8.50. The Morgan fingerprint density at radius 3 is 2.67 bits per heavy atom. The van der Waals surface area contributed by atoms with Crippen LogP contribution in [0.2, 0.25) is 0 Å². The molecule has 1 amide bonds. The smallest absolute Gasteiger partial charge is 0.253 e. The van der Waals surface area contributed by atoms with Gasteiger partial charge >= 0.3 is 0 Å². The number of nitrogens with zero attached hydrogens (tertiary/aromatic N) is 2. The molecule has 0 spiro atoms. The molecule has 2 aromatic rings. The Morgan fingerprint density at radius 1 is 1.37 bits per heavy atom. The number of anilines is 1. The summed E-state index contributed by atoms with van der Waals surface area (Å²) < 4.78 is 6.49. The molecule has 1 aliphatic rings. The fourth-order valence-electron chi connectivity index (χ4n) is 3.06. The summed E-state index contributed by atoms with van der Waals surface area (Å²) in [5, 5.41) is 5.88. The first kappa shape index (κ1) is 19.9. The first-order chi connectivity index (χ1) is 12.8. The number of carbonyl (C=O) groups is 1. The van der Waals surface area contributed by atoms with E-state index in [0.29, 0.717) is 16.4 Å². The Kier molecular flexibility index (Phi) is 5.88. The predicted octanol–water partition coefficient (Wildman–Crippen LogP) is 4.32. The summed E-state index contributed by atoms with van der Waals surface area (Å²) in [4.78, 5) is 17.5. The van der Waals surface area contributed by atoms with E-state index in [0.717, 1.165) is 20.7 Å². The molecule has 2 heterocycles. The van der Waals surface area contributed by atoms with Gasteiger partial charge in [0.2, 0.25) is 0 Å². The highest BCUT2D eigenvalue weighted by Gasteiger charge is 2.36. The lowest BCUT2D eigenvalue weighted by Gasteiger charge is -2.38. The van der Waals surface area contributed by atoms with Gasteiger partial charge in [0.25, 0.3) is 5.91 Å². The topological polar surface area (TPSA) is 44.8 Å². The van der Waals surface area contributed by atoms with E-state index in [-0.39, 0.29) is 11.9 Å². The lowest BCUT2D eigenvalue weighted by atomic mass is 9.99. The second-order valence-electron chi connectivity index (χ2n) is 6.26. The zero-order chi connectivity index (χ0) is 19.7. The molecule has 3 rings (SSSR count). The molecule has 27 heavy (non-hydrogen) atoms. The summed E-state index contributed by atoms with van der Waals surface area (Å²) in [6.07, 6.45) is 0. The first-order valence-electron chi connectivity index (χ1n) is 8.25. The maximum absolute atomic E-state index is 13.1. The van der Waals surface area contributed by atoms with Gasteiger partial charge in [0.1, 0.15) is 5.75 Å². The molecule has 1 aliphatic heterocycles. The van der Waals surface area contributed by atoms with E-state index in [9.17, 15) is 4.79 Å². The van der Waals surface area contributed by atoms with Crippen molar-refractivity contribution in [3.8, 4) is 5.75 Å². The van der Waals surface area contributed by atoms with Crippen molar-refractivity contribution in [1.29, 1.82) is 0 Å². The molecule has 142 valence electrons. The van der Waals surface area contributed by atoms with Crippen LogP contribution in [0.4, 0.5) is 5.69 Å². The summed E-state index contributed by atoms with van der Waals surface area (Å²) in [7, 11) is 5.13. The van der Waals surface area contributed by atoms with E-state index < -0.39 is 0 Å². The molecule has 0 bridgehead atoms. The number of rotatable bonds is 4. The number of allylic oxidation sites excluding steroid dienone is 1. The number of thiocarbonyl (C=S) groups is 1. The molecule has 0 fully saturated rings. The van der Waals surface area contributed by atoms with Gasteiger partial charge in [-0.15, -0.1) is 11.3 Å². The van der Waals surface area contributed by atoms with Crippen LogP contribution >= 0.6 is 39.5 Å². The number of benzene rings is 1. The Hall–Kier alpha value is -1.90. The van der Waals surface area contributed by atoms with Crippen LogP contribution in [0.15, 0.2) is 51.5 Å². The molecule has 0 aliphatic carbocycles. The van der Waals surface area contributed by atoms with Gasteiger partial charge in [-0.1, -0.05) is 12.1 Å². The van der Waals surface area contributed by atoms with Crippen LogP contribution in [0.3, 0.4) is 0 Å². The van der Waals surface area contributed by atoms with Crippen LogP contribution in [-0.4, -0.2) is 37.1 Å². The van der Waals surface area contributed by atoms with E-state index in [1.54, 1.807) is 37.4 Å². The molecule has 5 nitrogen and oxygen atoms in total. The van der Waals surface area contributed by atoms with Crippen LogP contribution in [0.1, 0.15) is 17.8 Å². The van der Waals surface area contributed by atoms with Crippen molar-refractivity contribution in [2.75, 3.05) is 26.1 Å². The number of halogens is 1. The number of para-hydroxylation sites is 2. The number of carbonyl (C=O) groups excluding carboxylic acids is 1. The Bertz CT molecular complexity index is 923. The highest BCUT2D eigenvalue weighted by atomic mass is 79.9. The molecule has 1 aromatic carbocycles. The summed E-state index contributed by atoms with van der Waals surface area (Å²) in [6, 6.07) is 9.34. The maximum Gasteiger partial charge on any atom is 0.253 e. The van der Waals surface area contributed by atoms with Crippen LogP contribution < -0.4 is 15.0 Å². The molecule has 1 atom stereocenters. The monoisotopic (exact) mass is 465 g/mol. The number of thiophene rings is 1.